The largest absolute Gasteiger partial charge is 0.338 e. The molecule has 0 spiro atoms. The fourth-order valence-electron chi connectivity index (χ4n) is 2.47. The molecule has 1 aromatic heterocycles. The van der Waals surface area contributed by atoms with Gasteiger partial charge in [-0.1, -0.05) is 12.8 Å². The number of hydrogen-bond donors (Lipinski definition) is 0. The van der Waals surface area contributed by atoms with Gasteiger partial charge in [-0.25, -0.2) is 0 Å². The zero-order valence-corrected chi connectivity index (χ0v) is 9.17. The lowest BCUT2D eigenvalue weighted by molar-refractivity contribution is -0.112. The molecular formula is C12H15N3O. The van der Waals surface area contributed by atoms with Crippen LogP contribution in [0, 0.1) is 0 Å². The Balaban J connectivity index is 1.77. The summed E-state index contributed by atoms with van der Waals surface area (Å²) in [7, 11) is 0. The molecule has 1 aromatic rings. The van der Waals surface area contributed by atoms with Crippen molar-refractivity contribution in [1.82, 2.24) is 9.78 Å². The molecule has 4 heteroatoms. The number of hydrogen-bond acceptors (Lipinski definition) is 3. The van der Waals surface area contributed by atoms with E-state index in [9.17, 15) is 4.79 Å². The van der Waals surface area contributed by atoms with Crippen molar-refractivity contribution in [1.29, 1.82) is 0 Å². The molecule has 0 amide bonds. The predicted octanol–water partition coefficient (Wildman–Crippen LogP) is 1.90. The molecular weight excluding hydrogens is 202 g/mol. The second-order valence-electron chi connectivity index (χ2n) is 4.53. The maximum Gasteiger partial charge on any atom is 0.176 e. The van der Waals surface area contributed by atoms with Crippen LogP contribution < -0.4 is 4.90 Å². The van der Waals surface area contributed by atoms with Crippen molar-refractivity contribution in [3.63, 3.8) is 0 Å². The lowest BCUT2D eigenvalue weighted by Gasteiger charge is -2.12. The average Bonchev–Trinajstić information content (AvgIpc) is 2.97. The van der Waals surface area contributed by atoms with Gasteiger partial charge in [0, 0.05) is 12.4 Å². The Bertz CT molecular complexity index is 429. The summed E-state index contributed by atoms with van der Waals surface area (Å²) in [6, 6.07) is 0.566. The van der Waals surface area contributed by atoms with E-state index in [1.165, 1.54) is 25.7 Å². The number of aromatic nitrogens is 2. The molecule has 1 aliphatic heterocycles. The first kappa shape index (κ1) is 9.63. The third-order valence-electron chi connectivity index (χ3n) is 3.38. The number of nitrogens with zero attached hydrogens (tertiary/aromatic N) is 3. The predicted molar refractivity (Wildman–Crippen MR) is 61.2 cm³/mol. The van der Waals surface area contributed by atoms with Gasteiger partial charge in [0.05, 0.1) is 24.5 Å². The van der Waals surface area contributed by atoms with Crippen molar-refractivity contribution >= 4 is 11.5 Å². The van der Waals surface area contributed by atoms with Crippen molar-refractivity contribution in [2.75, 3.05) is 11.4 Å². The average molecular weight is 217 g/mol. The number of anilines is 1. The molecule has 1 fully saturated rings. The molecule has 4 nitrogen and oxygen atoms in total. The van der Waals surface area contributed by atoms with Crippen LogP contribution in [0.2, 0.25) is 0 Å². The van der Waals surface area contributed by atoms with Gasteiger partial charge in [0.2, 0.25) is 0 Å². The number of carbonyl (C=O) groups excluding carboxylic acids is 1. The normalized spacial score (nSPS) is 21.2. The van der Waals surface area contributed by atoms with E-state index in [-0.39, 0.29) is 5.78 Å². The SMILES string of the molecule is O=C1C=CN(c2cnn(C3CCCC3)c2)C1. The lowest BCUT2D eigenvalue weighted by Crippen LogP contribution is -2.16. The first-order valence-electron chi connectivity index (χ1n) is 5.85. The zero-order chi connectivity index (χ0) is 11.0. The highest BCUT2D eigenvalue weighted by Gasteiger charge is 2.20. The minimum absolute atomic E-state index is 0.161. The van der Waals surface area contributed by atoms with Crippen molar-refractivity contribution in [2.24, 2.45) is 0 Å². The lowest BCUT2D eigenvalue weighted by atomic mass is 10.3. The third kappa shape index (κ3) is 1.64. The summed E-state index contributed by atoms with van der Waals surface area (Å²) in [6.45, 7) is 0.455. The minimum Gasteiger partial charge on any atom is -0.338 e. The van der Waals surface area contributed by atoms with E-state index in [0.717, 1.165) is 5.69 Å². The monoisotopic (exact) mass is 217 g/mol. The van der Waals surface area contributed by atoms with Gasteiger partial charge in [-0.3, -0.25) is 9.48 Å². The van der Waals surface area contributed by atoms with Gasteiger partial charge in [-0.2, -0.15) is 5.10 Å². The van der Waals surface area contributed by atoms with Crippen molar-refractivity contribution in [3.8, 4) is 0 Å². The first-order valence-corrected chi connectivity index (χ1v) is 5.85. The van der Waals surface area contributed by atoms with E-state index in [1.807, 2.05) is 17.3 Å². The number of rotatable bonds is 2. The van der Waals surface area contributed by atoms with Crippen LogP contribution >= 0.6 is 0 Å². The molecule has 0 bridgehead atoms. The van der Waals surface area contributed by atoms with Gasteiger partial charge < -0.3 is 4.90 Å². The van der Waals surface area contributed by atoms with E-state index < -0.39 is 0 Å². The highest BCUT2D eigenvalue weighted by atomic mass is 16.1. The molecule has 0 N–H and O–H groups in total. The summed E-state index contributed by atoms with van der Waals surface area (Å²) in [5.74, 6) is 0.161. The van der Waals surface area contributed by atoms with E-state index >= 15 is 0 Å². The van der Waals surface area contributed by atoms with E-state index in [2.05, 4.69) is 16.0 Å². The molecule has 1 saturated carbocycles. The van der Waals surface area contributed by atoms with Gasteiger partial charge in [-0.05, 0) is 18.9 Å². The van der Waals surface area contributed by atoms with Crippen LogP contribution in [0.3, 0.4) is 0 Å². The summed E-state index contributed by atoms with van der Waals surface area (Å²) in [5.41, 5.74) is 1.02. The molecule has 3 rings (SSSR count). The summed E-state index contributed by atoms with van der Waals surface area (Å²) in [4.78, 5) is 13.1. The Morgan fingerprint density at radius 1 is 1.31 bits per heavy atom. The Kier molecular flexibility index (Phi) is 2.27. The van der Waals surface area contributed by atoms with Gasteiger partial charge >= 0.3 is 0 Å². The van der Waals surface area contributed by atoms with Crippen LogP contribution in [0.25, 0.3) is 0 Å². The molecule has 84 valence electrons. The maximum atomic E-state index is 11.1. The maximum absolute atomic E-state index is 11.1. The highest BCUT2D eigenvalue weighted by molar-refractivity contribution is 5.97. The molecule has 0 saturated heterocycles. The third-order valence-corrected chi connectivity index (χ3v) is 3.38. The van der Waals surface area contributed by atoms with Crippen molar-refractivity contribution in [3.05, 3.63) is 24.7 Å². The van der Waals surface area contributed by atoms with Gasteiger partial charge in [0.15, 0.2) is 5.78 Å². The van der Waals surface area contributed by atoms with E-state index in [0.29, 0.717) is 12.6 Å². The summed E-state index contributed by atoms with van der Waals surface area (Å²) >= 11 is 0. The van der Waals surface area contributed by atoms with Gasteiger partial charge in [0.25, 0.3) is 0 Å². The second-order valence-corrected chi connectivity index (χ2v) is 4.53. The molecule has 0 atom stereocenters. The first-order chi connectivity index (χ1) is 7.83. The Hall–Kier alpha value is -1.58. The minimum atomic E-state index is 0.161. The topological polar surface area (TPSA) is 38.1 Å². The van der Waals surface area contributed by atoms with Gasteiger partial charge in [-0.15, -0.1) is 0 Å². The highest BCUT2D eigenvalue weighted by Crippen LogP contribution is 2.30. The second kappa shape index (κ2) is 3.77. The fourth-order valence-corrected chi connectivity index (χ4v) is 2.47. The zero-order valence-electron chi connectivity index (χ0n) is 9.17. The van der Waals surface area contributed by atoms with Crippen LogP contribution in [-0.4, -0.2) is 22.1 Å². The van der Waals surface area contributed by atoms with Crippen molar-refractivity contribution in [2.45, 2.75) is 31.7 Å². The Morgan fingerprint density at radius 2 is 2.12 bits per heavy atom. The molecule has 1 aliphatic carbocycles. The summed E-state index contributed by atoms with van der Waals surface area (Å²) in [6.07, 6.45) is 12.4. The van der Waals surface area contributed by atoms with E-state index in [4.69, 9.17) is 0 Å². The molecule has 0 radical (unpaired) electrons. The van der Waals surface area contributed by atoms with Gasteiger partial charge in [0.1, 0.15) is 0 Å². The molecule has 2 aliphatic rings. The quantitative estimate of drug-likeness (QED) is 0.759. The van der Waals surface area contributed by atoms with Crippen LogP contribution in [0.5, 0.6) is 0 Å². The Morgan fingerprint density at radius 3 is 2.81 bits per heavy atom. The van der Waals surface area contributed by atoms with Crippen LogP contribution in [0.15, 0.2) is 24.7 Å². The number of ketones is 1. The molecule has 16 heavy (non-hydrogen) atoms. The van der Waals surface area contributed by atoms with Crippen LogP contribution in [0.4, 0.5) is 5.69 Å². The fraction of sp³-hybridized carbons (Fsp3) is 0.500. The Labute approximate surface area is 94.5 Å². The van der Waals surface area contributed by atoms with E-state index in [1.54, 1.807) is 6.08 Å². The smallest absolute Gasteiger partial charge is 0.176 e. The standard InChI is InChI=1S/C12H15N3O/c16-12-5-6-14(9-12)11-7-13-15(8-11)10-3-1-2-4-10/h5-8,10H,1-4,9H2. The summed E-state index contributed by atoms with van der Waals surface area (Å²) in [5, 5.41) is 4.40. The summed E-state index contributed by atoms with van der Waals surface area (Å²) < 4.78 is 2.05. The van der Waals surface area contributed by atoms with Crippen LogP contribution in [0.1, 0.15) is 31.7 Å². The molecule has 0 aromatic carbocycles. The van der Waals surface area contributed by atoms with Crippen LogP contribution in [-0.2, 0) is 4.79 Å². The number of carbonyl (C=O) groups is 1. The molecule has 0 unspecified atom stereocenters. The van der Waals surface area contributed by atoms with Crippen molar-refractivity contribution < 1.29 is 4.79 Å². The molecule has 2 heterocycles.